The van der Waals surface area contributed by atoms with E-state index in [9.17, 15) is 25.2 Å². The number of carbonyl (C=O) groups excluding carboxylic acids is 1. The van der Waals surface area contributed by atoms with Crippen LogP contribution in [0.15, 0.2) is 22.8 Å². The normalized spacial score (nSPS) is 37.5. The minimum Gasteiger partial charge on any atom is -0.393 e. The molecule has 2 aliphatic carbocycles. The minimum absolute atomic E-state index is 0.0715. The van der Waals surface area contributed by atoms with Crippen molar-refractivity contribution in [1.82, 2.24) is 0 Å². The van der Waals surface area contributed by atoms with Crippen LogP contribution in [0.2, 0.25) is 0 Å². The van der Waals surface area contributed by atoms with Crippen molar-refractivity contribution in [3.05, 3.63) is 22.8 Å². The highest BCUT2D eigenvalue weighted by Gasteiger charge is 2.52. The van der Waals surface area contributed by atoms with Crippen LogP contribution in [-0.2, 0) is 4.79 Å². The Morgan fingerprint density at radius 3 is 2.50 bits per heavy atom. The van der Waals surface area contributed by atoms with Gasteiger partial charge in [-0.25, -0.2) is 0 Å². The highest BCUT2D eigenvalue weighted by atomic mass is 16.3. The lowest BCUT2D eigenvalue weighted by molar-refractivity contribution is -0.116. The standard InChI is InChI=1S/C15H22O5/c1-8-11(18)4-3-10-5-12(19)13(9(6-16)7-17)14(20)15(8,10)2/h5,8,11,14,16-18,20H,3-4,6-7H2,1-2H3/t8-,11+,14-,15+/m0/s1. The summed E-state index contributed by atoms with van der Waals surface area (Å²) in [6, 6.07) is 0. The number of hydrogen-bond donors (Lipinski definition) is 4. The summed E-state index contributed by atoms with van der Waals surface area (Å²) < 4.78 is 0. The molecule has 0 heterocycles. The van der Waals surface area contributed by atoms with Gasteiger partial charge < -0.3 is 20.4 Å². The number of ketones is 1. The summed E-state index contributed by atoms with van der Waals surface area (Å²) in [6.45, 7) is 2.75. The first-order chi connectivity index (χ1) is 9.37. The molecule has 0 aromatic heterocycles. The fourth-order valence-electron chi connectivity index (χ4n) is 3.43. The maximum Gasteiger partial charge on any atom is 0.184 e. The van der Waals surface area contributed by atoms with Crippen molar-refractivity contribution in [2.45, 2.75) is 38.9 Å². The number of fused-ring (bicyclic) bond motifs is 1. The lowest BCUT2D eigenvalue weighted by Gasteiger charge is -2.50. The molecule has 112 valence electrons. The van der Waals surface area contributed by atoms with Gasteiger partial charge in [-0.15, -0.1) is 0 Å². The summed E-state index contributed by atoms with van der Waals surface area (Å²) in [6.07, 6.45) is 0.998. The van der Waals surface area contributed by atoms with E-state index in [1.165, 1.54) is 6.08 Å². The van der Waals surface area contributed by atoms with Crippen molar-refractivity contribution in [1.29, 1.82) is 0 Å². The molecule has 0 saturated heterocycles. The van der Waals surface area contributed by atoms with Crippen LogP contribution in [0.4, 0.5) is 0 Å². The molecule has 0 aromatic rings. The summed E-state index contributed by atoms with van der Waals surface area (Å²) in [5.41, 5.74) is 0.316. The molecule has 2 aliphatic rings. The molecule has 1 saturated carbocycles. The van der Waals surface area contributed by atoms with Gasteiger partial charge in [0.05, 0.1) is 25.4 Å². The van der Waals surface area contributed by atoms with E-state index in [0.717, 1.165) is 5.57 Å². The van der Waals surface area contributed by atoms with Crippen LogP contribution in [0, 0.1) is 11.3 Å². The minimum atomic E-state index is -1.12. The third kappa shape index (κ3) is 2.05. The molecule has 0 bridgehead atoms. The third-order valence-corrected chi connectivity index (χ3v) is 5.10. The number of aliphatic hydroxyl groups excluding tert-OH is 4. The Morgan fingerprint density at radius 2 is 1.95 bits per heavy atom. The van der Waals surface area contributed by atoms with Crippen LogP contribution >= 0.6 is 0 Å². The first kappa shape index (κ1) is 15.4. The molecule has 0 spiro atoms. The Bertz CT molecular complexity index is 473. The SMILES string of the molecule is C[C@H]1[C@H](O)CCC2=CC(=O)C(=C(CO)CO)[C@H](O)[C@@]21C. The number of aliphatic hydroxyl groups is 4. The van der Waals surface area contributed by atoms with Gasteiger partial charge in [-0.3, -0.25) is 4.79 Å². The van der Waals surface area contributed by atoms with Gasteiger partial charge >= 0.3 is 0 Å². The van der Waals surface area contributed by atoms with Crippen molar-refractivity contribution in [2.75, 3.05) is 13.2 Å². The average molecular weight is 282 g/mol. The summed E-state index contributed by atoms with van der Waals surface area (Å²) in [5.74, 6) is -0.564. The van der Waals surface area contributed by atoms with Gasteiger partial charge in [0.2, 0.25) is 0 Å². The van der Waals surface area contributed by atoms with Crippen molar-refractivity contribution in [2.24, 2.45) is 11.3 Å². The average Bonchev–Trinajstić information content (AvgIpc) is 2.43. The van der Waals surface area contributed by atoms with Crippen molar-refractivity contribution < 1.29 is 25.2 Å². The first-order valence-electron chi connectivity index (χ1n) is 6.93. The smallest absolute Gasteiger partial charge is 0.184 e. The zero-order valence-electron chi connectivity index (χ0n) is 11.8. The van der Waals surface area contributed by atoms with Gasteiger partial charge in [0.15, 0.2) is 5.78 Å². The zero-order chi connectivity index (χ0) is 15.1. The number of allylic oxidation sites excluding steroid dienone is 1. The Balaban J connectivity index is 2.58. The number of rotatable bonds is 2. The zero-order valence-corrected chi connectivity index (χ0v) is 11.8. The molecular formula is C15H22O5. The quantitative estimate of drug-likeness (QED) is 0.532. The molecule has 4 N–H and O–H groups in total. The van der Waals surface area contributed by atoms with E-state index in [0.29, 0.717) is 12.8 Å². The second kappa shape index (κ2) is 5.41. The van der Waals surface area contributed by atoms with E-state index in [4.69, 9.17) is 0 Å². The highest BCUT2D eigenvalue weighted by molar-refractivity contribution is 6.07. The lowest BCUT2D eigenvalue weighted by atomic mass is 9.57. The monoisotopic (exact) mass is 282 g/mol. The highest BCUT2D eigenvalue weighted by Crippen LogP contribution is 2.51. The largest absolute Gasteiger partial charge is 0.393 e. The molecule has 0 radical (unpaired) electrons. The Kier molecular flexibility index (Phi) is 4.16. The second-order valence-electron chi connectivity index (χ2n) is 5.95. The summed E-state index contributed by atoms with van der Waals surface area (Å²) >= 11 is 0. The van der Waals surface area contributed by atoms with Gasteiger partial charge in [0, 0.05) is 11.0 Å². The van der Waals surface area contributed by atoms with E-state index < -0.39 is 30.8 Å². The molecule has 5 nitrogen and oxygen atoms in total. The van der Waals surface area contributed by atoms with Crippen molar-refractivity contribution >= 4 is 5.78 Å². The van der Waals surface area contributed by atoms with Gasteiger partial charge in [-0.05, 0) is 30.4 Å². The molecule has 20 heavy (non-hydrogen) atoms. The molecular weight excluding hydrogens is 260 g/mol. The lowest BCUT2D eigenvalue weighted by Crippen LogP contribution is -2.52. The summed E-state index contributed by atoms with van der Waals surface area (Å²) in [7, 11) is 0. The van der Waals surface area contributed by atoms with E-state index in [1.807, 2.05) is 13.8 Å². The van der Waals surface area contributed by atoms with Crippen LogP contribution in [0.5, 0.6) is 0 Å². The van der Waals surface area contributed by atoms with Crippen molar-refractivity contribution in [3.63, 3.8) is 0 Å². The number of carbonyl (C=O) groups is 1. The summed E-state index contributed by atoms with van der Waals surface area (Å²) in [4.78, 5) is 12.2. The molecule has 5 heteroatoms. The number of hydrogen-bond acceptors (Lipinski definition) is 5. The third-order valence-electron chi connectivity index (χ3n) is 5.10. The molecule has 2 rings (SSSR count). The molecule has 0 aromatic carbocycles. The second-order valence-corrected chi connectivity index (χ2v) is 5.95. The van der Waals surface area contributed by atoms with E-state index in [2.05, 4.69) is 0 Å². The Labute approximate surface area is 118 Å². The summed E-state index contributed by atoms with van der Waals surface area (Å²) in [5, 5.41) is 39.2. The van der Waals surface area contributed by atoms with Crippen LogP contribution in [0.3, 0.4) is 0 Å². The van der Waals surface area contributed by atoms with Gasteiger partial charge in [0.25, 0.3) is 0 Å². The predicted molar refractivity (Wildman–Crippen MR) is 72.8 cm³/mol. The van der Waals surface area contributed by atoms with Crippen molar-refractivity contribution in [3.8, 4) is 0 Å². The molecule has 1 fully saturated rings. The fraction of sp³-hybridized carbons (Fsp3) is 0.667. The van der Waals surface area contributed by atoms with Crippen LogP contribution in [-0.4, -0.2) is 51.6 Å². The molecule has 0 amide bonds. The predicted octanol–water partition coefficient (Wildman–Crippen LogP) is -0.0653. The fourth-order valence-corrected chi connectivity index (χ4v) is 3.43. The maximum absolute atomic E-state index is 12.2. The Hall–Kier alpha value is -1.01. The van der Waals surface area contributed by atoms with E-state index in [-0.39, 0.29) is 22.8 Å². The molecule has 0 unspecified atom stereocenters. The first-order valence-corrected chi connectivity index (χ1v) is 6.93. The maximum atomic E-state index is 12.2. The van der Waals surface area contributed by atoms with Crippen LogP contribution in [0.25, 0.3) is 0 Å². The van der Waals surface area contributed by atoms with Crippen LogP contribution < -0.4 is 0 Å². The van der Waals surface area contributed by atoms with E-state index in [1.54, 1.807) is 0 Å². The van der Waals surface area contributed by atoms with E-state index >= 15 is 0 Å². The Morgan fingerprint density at radius 1 is 1.35 bits per heavy atom. The molecule has 0 aliphatic heterocycles. The van der Waals surface area contributed by atoms with Gasteiger partial charge in [-0.2, -0.15) is 0 Å². The molecule has 4 atom stereocenters. The van der Waals surface area contributed by atoms with Crippen LogP contribution in [0.1, 0.15) is 26.7 Å². The topological polar surface area (TPSA) is 98.0 Å². The van der Waals surface area contributed by atoms with Gasteiger partial charge in [-0.1, -0.05) is 19.4 Å². The van der Waals surface area contributed by atoms with Gasteiger partial charge in [0.1, 0.15) is 0 Å².